The van der Waals surface area contributed by atoms with E-state index in [9.17, 15) is 4.79 Å². The summed E-state index contributed by atoms with van der Waals surface area (Å²) < 4.78 is 10.8. The smallest absolute Gasteiger partial charge is 0.254 e. The average molecular weight is 251 g/mol. The maximum Gasteiger partial charge on any atom is 0.254 e. The van der Waals surface area contributed by atoms with Gasteiger partial charge in [0, 0.05) is 7.11 Å². The van der Waals surface area contributed by atoms with Gasteiger partial charge in [-0.1, -0.05) is 25.1 Å². The lowest BCUT2D eigenvalue weighted by Gasteiger charge is -2.27. The quantitative estimate of drug-likeness (QED) is 0.789. The minimum Gasteiger partial charge on any atom is -0.471 e. The number of amides is 1. The molecule has 0 saturated heterocycles. The van der Waals surface area contributed by atoms with Crippen LogP contribution >= 0.6 is 0 Å². The highest BCUT2D eigenvalue weighted by atomic mass is 16.5. The van der Waals surface area contributed by atoms with Gasteiger partial charge in [0.1, 0.15) is 11.4 Å². The second kappa shape index (κ2) is 6.40. The zero-order valence-electron chi connectivity index (χ0n) is 11.4. The highest BCUT2D eigenvalue weighted by Crippen LogP contribution is 2.15. The fraction of sp³-hybridized carbons (Fsp3) is 0.500. The van der Waals surface area contributed by atoms with Crippen molar-refractivity contribution < 1.29 is 14.3 Å². The minimum atomic E-state index is -0.811. The molecule has 0 radical (unpaired) electrons. The Hall–Kier alpha value is -1.55. The Labute approximate surface area is 108 Å². The predicted molar refractivity (Wildman–Crippen MR) is 70.4 cm³/mol. The van der Waals surface area contributed by atoms with Crippen LogP contribution in [0, 0.1) is 0 Å². The van der Waals surface area contributed by atoms with Gasteiger partial charge in [-0.25, -0.2) is 0 Å². The van der Waals surface area contributed by atoms with E-state index in [0.717, 1.165) is 5.75 Å². The summed E-state index contributed by atoms with van der Waals surface area (Å²) in [6.07, 6.45) is 0.203. The Bertz CT molecular complexity index is 374. The maximum absolute atomic E-state index is 12.0. The molecular formula is C14H21NO3. The van der Waals surface area contributed by atoms with Crippen molar-refractivity contribution in [2.75, 3.05) is 7.11 Å². The molecule has 1 N–H and O–H groups in total. The fourth-order valence-corrected chi connectivity index (χ4v) is 1.47. The van der Waals surface area contributed by atoms with Crippen LogP contribution in [-0.2, 0) is 9.53 Å². The Morgan fingerprint density at radius 1 is 1.39 bits per heavy atom. The van der Waals surface area contributed by atoms with Gasteiger partial charge in [-0.15, -0.1) is 0 Å². The summed E-state index contributed by atoms with van der Waals surface area (Å²) in [5.74, 6) is 0.553. The largest absolute Gasteiger partial charge is 0.471 e. The van der Waals surface area contributed by atoms with E-state index in [1.54, 1.807) is 13.8 Å². The van der Waals surface area contributed by atoms with Crippen LogP contribution in [0.25, 0.3) is 0 Å². The van der Waals surface area contributed by atoms with Crippen molar-refractivity contribution in [3.63, 3.8) is 0 Å². The third kappa shape index (κ3) is 3.74. The molecule has 0 heterocycles. The maximum atomic E-state index is 12.0. The van der Waals surface area contributed by atoms with Crippen molar-refractivity contribution in [3.8, 4) is 5.75 Å². The van der Waals surface area contributed by atoms with Crippen molar-refractivity contribution in [1.82, 2.24) is 5.32 Å². The van der Waals surface area contributed by atoms with Gasteiger partial charge in [0.2, 0.25) is 0 Å². The average Bonchev–Trinajstić information content (AvgIpc) is 2.38. The number of ether oxygens (including phenoxy) is 2. The van der Waals surface area contributed by atoms with Gasteiger partial charge in [0.25, 0.3) is 5.91 Å². The predicted octanol–water partition coefficient (Wildman–Crippen LogP) is 2.34. The third-order valence-electron chi connectivity index (χ3n) is 3.00. The Morgan fingerprint density at radius 2 is 2.00 bits per heavy atom. The van der Waals surface area contributed by atoms with Crippen LogP contribution in [0.3, 0.4) is 0 Å². The Morgan fingerprint density at radius 3 is 2.50 bits per heavy atom. The number of nitrogens with one attached hydrogen (secondary N) is 1. The number of hydrogen-bond donors (Lipinski definition) is 1. The summed E-state index contributed by atoms with van der Waals surface area (Å²) in [4.78, 5) is 12.0. The number of para-hydroxylation sites is 1. The van der Waals surface area contributed by atoms with E-state index in [1.807, 2.05) is 37.3 Å². The summed E-state index contributed by atoms with van der Waals surface area (Å²) in [6.45, 7) is 5.46. The van der Waals surface area contributed by atoms with Crippen molar-refractivity contribution in [2.24, 2.45) is 0 Å². The molecule has 0 spiro atoms. The number of benzene rings is 1. The molecule has 18 heavy (non-hydrogen) atoms. The molecule has 1 aromatic carbocycles. The number of rotatable bonds is 6. The molecule has 0 fully saturated rings. The first-order valence-electron chi connectivity index (χ1n) is 6.09. The van der Waals surface area contributed by atoms with Crippen LogP contribution in [-0.4, -0.2) is 24.8 Å². The number of carbonyl (C=O) groups is 1. The molecular weight excluding hydrogens is 230 g/mol. The summed E-state index contributed by atoms with van der Waals surface area (Å²) in [5.41, 5.74) is -0.811. The molecule has 2 atom stereocenters. The van der Waals surface area contributed by atoms with Gasteiger partial charge in [0.05, 0.1) is 0 Å². The zero-order chi connectivity index (χ0) is 13.6. The van der Waals surface area contributed by atoms with E-state index in [-0.39, 0.29) is 5.91 Å². The van der Waals surface area contributed by atoms with Gasteiger partial charge < -0.3 is 14.8 Å². The molecule has 4 nitrogen and oxygen atoms in total. The molecule has 2 unspecified atom stereocenters. The van der Waals surface area contributed by atoms with E-state index in [1.165, 1.54) is 7.11 Å². The lowest BCUT2D eigenvalue weighted by Crippen LogP contribution is -2.50. The first kappa shape index (κ1) is 14.5. The lowest BCUT2D eigenvalue weighted by atomic mass is 10.0. The van der Waals surface area contributed by atoms with Gasteiger partial charge in [-0.3, -0.25) is 4.79 Å². The van der Waals surface area contributed by atoms with Crippen LogP contribution < -0.4 is 10.1 Å². The Balaban J connectivity index is 2.55. The number of hydrogen-bond acceptors (Lipinski definition) is 3. The van der Waals surface area contributed by atoms with Gasteiger partial charge in [-0.05, 0) is 32.4 Å². The van der Waals surface area contributed by atoms with E-state index in [4.69, 9.17) is 9.47 Å². The lowest BCUT2D eigenvalue weighted by molar-refractivity contribution is -0.144. The SMILES string of the molecule is CCC(C)(OC)C(=O)NC(C)Oc1ccccc1. The number of methoxy groups -OCH3 is 1. The molecule has 0 aliphatic carbocycles. The van der Waals surface area contributed by atoms with Crippen LogP contribution in [0.2, 0.25) is 0 Å². The van der Waals surface area contributed by atoms with Gasteiger partial charge >= 0.3 is 0 Å². The van der Waals surface area contributed by atoms with Crippen molar-refractivity contribution in [3.05, 3.63) is 30.3 Å². The number of carbonyl (C=O) groups excluding carboxylic acids is 1. The standard InChI is InChI=1S/C14H21NO3/c1-5-14(3,17-4)13(16)15-11(2)18-12-9-7-6-8-10-12/h6-11H,5H2,1-4H3,(H,15,16). The normalized spacial score (nSPS) is 15.6. The van der Waals surface area contributed by atoms with Crippen LogP contribution in [0.15, 0.2) is 30.3 Å². The molecule has 0 saturated carbocycles. The first-order chi connectivity index (χ1) is 8.51. The second-order valence-electron chi connectivity index (χ2n) is 4.34. The minimum absolute atomic E-state index is 0.170. The zero-order valence-corrected chi connectivity index (χ0v) is 11.4. The van der Waals surface area contributed by atoms with Crippen LogP contribution in [0.5, 0.6) is 5.75 Å². The van der Waals surface area contributed by atoms with Crippen molar-refractivity contribution in [1.29, 1.82) is 0 Å². The molecule has 0 aliphatic heterocycles. The summed E-state index contributed by atoms with van der Waals surface area (Å²) in [5, 5.41) is 2.78. The van der Waals surface area contributed by atoms with Gasteiger partial charge in [-0.2, -0.15) is 0 Å². The second-order valence-corrected chi connectivity index (χ2v) is 4.34. The summed E-state index contributed by atoms with van der Waals surface area (Å²) in [6, 6.07) is 9.37. The van der Waals surface area contributed by atoms with E-state index in [0.29, 0.717) is 6.42 Å². The monoisotopic (exact) mass is 251 g/mol. The van der Waals surface area contributed by atoms with Crippen molar-refractivity contribution >= 4 is 5.91 Å². The molecule has 0 aromatic heterocycles. The topological polar surface area (TPSA) is 47.6 Å². The van der Waals surface area contributed by atoms with E-state index >= 15 is 0 Å². The highest BCUT2D eigenvalue weighted by Gasteiger charge is 2.31. The van der Waals surface area contributed by atoms with Gasteiger partial charge in [0.15, 0.2) is 6.23 Å². The molecule has 100 valence electrons. The molecule has 1 rings (SSSR count). The Kier molecular flexibility index (Phi) is 5.16. The molecule has 0 aliphatic rings. The molecule has 1 amide bonds. The molecule has 1 aromatic rings. The summed E-state index contributed by atoms with van der Waals surface area (Å²) >= 11 is 0. The highest BCUT2D eigenvalue weighted by molar-refractivity contribution is 5.84. The summed E-state index contributed by atoms with van der Waals surface area (Å²) in [7, 11) is 1.53. The molecule has 0 bridgehead atoms. The van der Waals surface area contributed by atoms with Crippen LogP contribution in [0.1, 0.15) is 27.2 Å². The van der Waals surface area contributed by atoms with Crippen LogP contribution in [0.4, 0.5) is 0 Å². The first-order valence-corrected chi connectivity index (χ1v) is 6.09. The van der Waals surface area contributed by atoms with E-state index in [2.05, 4.69) is 5.32 Å². The van der Waals surface area contributed by atoms with Crippen molar-refractivity contribution in [2.45, 2.75) is 39.0 Å². The fourth-order valence-electron chi connectivity index (χ4n) is 1.47. The third-order valence-corrected chi connectivity index (χ3v) is 3.00. The van der Waals surface area contributed by atoms with E-state index < -0.39 is 11.8 Å². The molecule has 4 heteroatoms.